The largest absolute Gasteiger partial charge is 0.478 e. The van der Waals surface area contributed by atoms with Crippen LogP contribution in [0.5, 0.6) is 0 Å². The van der Waals surface area contributed by atoms with Gasteiger partial charge in [0.2, 0.25) is 5.16 Å². The summed E-state index contributed by atoms with van der Waals surface area (Å²) in [6.07, 6.45) is 1.82. The van der Waals surface area contributed by atoms with Crippen LogP contribution >= 0.6 is 11.8 Å². The van der Waals surface area contributed by atoms with Crippen LogP contribution in [0, 0.1) is 0 Å². The topological polar surface area (TPSA) is 113 Å². The number of nitrogens with zero attached hydrogens (tertiary/aromatic N) is 4. The van der Waals surface area contributed by atoms with Crippen LogP contribution in [-0.4, -0.2) is 48.4 Å². The minimum absolute atomic E-state index is 0.196. The average molecular weight is 411 g/mol. The minimum Gasteiger partial charge on any atom is -0.478 e. The Balaban J connectivity index is 1.32. The number of carboxylic acid groups (broad SMARTS) is 1. The highest BCUT2D eigenvalue weighted by Gasteiger charge is 2.23. The van der Waals surface area contributed by atoms with Crippen molar-refractivity contribution in [2.45, 2.75) is 36.7 Å². The molecule has 9 heteroatoms. The molecule has 4 rings (SSSR count). The maximum absolute atomic E-state index is 11.0. The second-order valence-corrected chi connectivity index (χ2v) is 7.94. The van der Waals surface area contributed by atoms with Gasteiger partial charge < -0.3 is 10.2 Å². The zero-order chi connectivity index (χ0) is 20.2. The molecule has 1 aromatic heterocycles. The van der Waals surface area contributed by atoms with Crippen LogP contribution in [-0.2, 0) is 6.54 Å². The molecule has 3 N–H and O–H groups in total. The molecule has 1 unspecified atom stereocenters. The van der Waals surface area contributed by atoms with Gasteiger partial charge in [0, 0.05) is 12.3 Å². The number of carboxylic acids is 1. The predicted octanol–water partition coefficient (Wildman–Crippen LogP) is 2.44. The van der Waals surface area contributed by atoms with Gasteiger partial charge >= 0.3 is 5.97 Å². The lowest BCUT2D eigenvalue weighted by Crippen LogP contribution is -2.30. The van der Waals surface area contributed by atoms with E-state index in [-0.39, 0.29) is 5.56 Å². The molecule has 0 spiro atoms. The first-order valence-corrected chi connectivity index (χ1v) is 10.3. The van der Waals surface area contributed by atoms with Gasteiger partial charge in [-0.2, -0.15) is 4.68 Å². The summed E-state index contributed by atoms with van der Waals surface area (Å²) < 4.78 is 1.52. The van der Waals surface area contributed by atoms with E-state index >= 15 is 0 Å². The fraction of sp³-hybridized carbons (Fsp3) is 0.300. The molecule has 1 fully saturated rings. The fourth-order valence-electron chi connectivity index (χ4n) is 3.00. The Hall–Kier alpha value is -2.75. The van der Waals surface area contributed by atoms with Crippen LogP contribution in [0.2, 0.25) is 0 Å². The molecule has 1 atom stereocenters. The first-order chi connectivity index (χ1) is 14.1. The van der Waals surface area contributed by atoms with E-state index in [1.807, 2.05) is 0 Å². The molecular formula is C20H21N5O3S. The van der Waals surface area contributed by atoms with Gasteiger partial charge in [0.25, 0.3) is 0 Å². The van der Waals surface area contributed by atoms with Crippen molar-refractivity contribution in [3.63, 3.8) is 0 Å². The molecule has 0 radical (unpaired) electrons. The SMILES string of the molecule is O=C(O)c1ccc(-n2nnnc2SCC(O)NCc2cccc(C3CC3)c2)cc1. The Morgan fingerprint density at radius 3 is 2.76 bits per heavy atom. The monoisotopic (exact) mass is 411 g/mol. The van der Waals surface area contributed by atoms with Gasteiger partial charge in [0.05, 0.1) is 11.3 Å². The lowest BCUT2D eigenvalue weighted by molar-refractivity contribution is 0.0697. The summed E-state index contributed by atoms with van der Waals surface area (Å²) in [6.45, 7) is 0.587. The number of nitrogens with one attached hydrogen (secondary N) is 1. The number of benzene rings is 2. The highest BCUT2D eigenvalue weighted by molar-refractivity contribution is 7.99. The third-order valence-corrected chi connectivity index (χ3v) is 5.71. The highest BCUT2D eigenvalue weighted by Crippen LogP contribution is 2.40. The molecule has 1 heterocycles. The predicted molar refractivity (Wildman–Crippen MR) is 108 cm³/mol. The fourth-order valence-corrected chi connectivity index (χ4v) is 3.78. The van der Waals surface area contributed by atoms with E-state index < -0.39 is 12.2 Å². The average Bonchev–Trinajstić information content (AvgIpc) is 3.49. The second kappa shape index (κ2) is 8.73. The van der Waals surface area contributed by atoms with Crippen LogP contribution in [0.15, 0.2) is 53.7 Å². The lowest BCUT2D eigenvalue weighted by Gasteiger charge is -2.13. The van der Waals surface area contributed by atoms with E-state index in [1.54, 1.807) is 12.1 Å². The van der Waals surface area contributed by atoms with Gasteiger partial charge in [0.1, 0.15) is 6.23 Å². The zero-order valence-corrected chi connectivity index (χ0v) is 16.4. The van der Waals surface area contributed by atoms with Crippen molar-refractivity contribution >= 4 is 17.7 Å². The Kier molecular flexibility index (Phi) is 5.89. The molecule has 0 aliphatic heterocycles. The van der Waals surface area contributed by atoms with Gasteiger partial charge in [-0.05, 0) is 64.6 Å². The van der Waals surface area contributed by atoms with Crippen LogP contribution < -0.4 is 5.32 Å². The Morgan fingerprint density at radius 1 is 1.24 bits per heavy atom. The maximum atomic E-state index is 11.0. The van der Waals surface area contributed by atoms with Gasteiger partial charge in [-0.25, -0.2) is 4.79 Å². The van der Waals surface area contributed by atoms with Crippen LogP contribution in [0.3, 0.4) is 0 Å². The molecule has 8 nitrogen and oxygen atoms in total. The van der Waals surface area contributed by atoms with Gasteiger partial charge in [0.15, 0.2) is 0 Å². The number of thioether (sulfide) groups is 1. The quantitative estimate of drug-likeness (QED) is 0.363. The van der Waals surface area contributed by atoms with E-state index in [0.29, 0.717) is 29.1 Å². The van der Waals surface area contributed by atoms with Crippen molar-refractivity contribution in [2.24, 2.45) is 0 Å². The zero-order valence-electron chi connectivity index (χ0n) is 15.6. The lowest BCUT2D eigenvalue weighted by atomic mass is 10.1. The minimum atomic E-state index is -0.986. The normalized spacial score (nSPS) is 14.7. The van der Waals surface area contributed by atoms with Crippen LogP contribution in [0.4, 0.5) is 0 Å². The van der Waals surface area contributed by atoms with E-state index in [1.165, 1.54) is 47.0 Å². The molecule has 0 saturated heterocycles. The number of aromatic nitrogens is 4. The molecule has 2 aromatic carbocycles. The number of aliphatic hydroxyl groups is 1. The number of carbonyl (C=O) groups is 1. The number of aliphatic hydroxyl groups excluding tert-OH is 1. The number of rotatable bonds is 9. The molecule has 1 saturated carbocycles. The smallest absolute Gasteiger partial charge is 0.335 e. The number of hydrogen-bond donors (Lipinski definition) is 3. The van der Waals surface area contributed by atoms with E-state index in [9.17, 15) is 9.90 Å². The molecule has 150 valence electrons. The maximum Gasteiger partial charge on any atom is 0.335 e. The first kappa shape index (κ1) is 19.6. The van der Waals surface area contributed by atoms with Crippen molar-refractivity contribution in [3.05, 3.63) is 65.2 Å². The van der Waals surface area contributed by atoms with E-state index in [4.69, 9.17) is 5.11 Å². The van der Waals surface area contributed by atoms with Crippen LogP contribution in [0.1, 0.15) is 40.2 Å². The van der Waals surface area contributed by atoms with Crippen molar-refractivity contribution < 1.29 is 15.0 Å². The van der Waals surface area contributed by atoms with Crippen LogP contribution in [0.25, 0.3) is 5.69 Å². The summed E-state index contributed by atoms with van der Waals surface area (Å²) in [4.78, 5) is 11.0. The first-order valence-electron chi connectivity index (χ1n) is 9.35. The number of aromatic carboxylic acids is 1. The molecule has 29 heavy (non-hydrogen) atoms. The molecule has 3 aromatic rings. The summed E-state index contributed by atoms with van der Waals surface area (Å²) in [7, 11) is 0. The Morgan fingerprint density at radius 2 is 2.03 bits per heavy atom. The van der Waals surface area contributed by atoms with Crippen molar-refractivity contribution in [1.29, 1.82) is 0 Å². The molecule has 1 aliphatic rings. The molecule has 1 aliphatic carbocycles. The summed E-state index contributed by atoms with van der Waals surface area (Å²) >= 11 is 1.32. The van der Waals surface area contributed by atoms with Gasteiger partial charge in [-0.1, -0.05) is 36.0 Å². The third kappa shape index (κ3) is 5.00. The number of hydrogen-bond acceptors (Lipinski definition) is 7. The molecule has 0 amide bonds. The van der Waals surface area contributed by atoms with Crippen molar-refractivity contribution in [1.82, 2.24) is 25.5 Å². The Labute approximate surface area is 172 Å². The number of tetrazole rings is 1. The van der Waals surface area contributed by atoms with Gasteiger partial charge in [-0.3, -0.25) is 5.32 Å². The Bertz CT molecular complexity index is 988. The van der Waals surface area contributed by atoms with E-state index in [0.717, 1.165) is 5.56 Å². The second-order valence-electron chi connectivity index (χ2n) is 6.95. The summed E-state index contributed by atoms with van der Waals surface area (Å²) in [5.41, 5.74) is 3.38. The summed E-state index contributed by atoms with van der Waals surface area (Å²) in [5, 5.41) is 34.5. The molecular weight excluding hydrogens is 390 g/mol. The summed E-state index contributed by atoms with van der Waals surface area (Å²) in [5.74, 6) is 0.0918. The standard InChI is InChI=1S/C20H21N5O3S/c26-18(21-11-13-2-1-3-16(10-13)14-4-5-14)12-29-20-22-23-24-25(20)17-8-6-15(7-9-17)19(27)28/h1-3,6-10,14,18,21,26H,4-5,11-12H2,(H,27,28). The molecule has 0 bridgehead atoms. The van der Waals surface area contributed by atoms with Crippen molar-refractivity contribution in [3.8, 4) is 5.69 Å². The van der Waals surface area contributed by atoms with Crippen molar-refractivity contribution in [2.75, 3.05) is 5.75 Å². The highest BCUT2D eigenvalue weighted by atomic mass is 32.2. The summed E-state index contributed by atoms with van der Waals surface area (Å²) in [6, 6.07) is 14.8. The van der Waals surface area contributed by atoms with Gasteiger partial charge in [-0.15, -0.1) is 5.10 Å². The third-order valence-electron chi connectivity index (χ3n) is 4.71. The van der Waals surface area contributed by atoms with E-state index in [2.05, 4.69) is 45.1 Å².